The average Bonchev–Trinajstić information content (AvgIpc) is 2.34. The van der Waals surface area contributed by atoms with Gasteiger partial charge in [-0.3, -0.25) is 14.9 Å². The largest absolute Gasteiger partial charge is 0.395 e. The first kappa shape index (κ1) is 14.3. The molecule has 0 bridgehead atoms. The van der Waals surface area contributed by atoms with Crippen molar-refractivity contribution in [3.05, 3.63) is 33.9 Å². The molecule has 1 fully saturated rings. The summed E-state index contributed by atoms with van der Waals surface area (Å²) < 4.78 is 0. The van der Waals surface area contributed by atoms with Gasteiger partial charge in [0.1, 0.15) is 11.3 Å². The minimum Gasteiger partial charge on any atom is -0.395 e. The van der Waals surface area contributed by atoms with Crippen molar-refractivity contribution in [3.8, 4) is 0 Å². The van der Waals surface area contributed by atoms with Gasteiger partial charge in [-0.2, -0.15) is 0 Å². The van der Waals surface area contributed by atoms with Crippen LogP contribution in [0.1, 0.15) is 29.6 Å². The number of benzene rings is 1. The maximum atomic E-state index is 12.5. The highest BCUT2D eigenvalue weighted by molar-refractivity contribution is 6.00. The molecule has 1 aliphatic rings. The molecule has 0 spiro atoms. The molecule has 0 atom stereocenters. The number of amides is 1. The number of anilines is 1. The predicted octanol–water partition coefficient (Wildman–Crippen LogP) is 1.16. The summed E-state index contributed by atoms with van der Waals surface area (Å²) in [6, 6.07) is 4.37. The van der Waals surface area contributed by atoms with Crippen LogP contribution in [0.4, 0.5) is 11.4 Å². The van der Waals surface area contributed by atoms with Gasteiger partial charge in [-0.25, -0.2) is 0 Å². The molecule has 20 heavy (non-hydrogen) atoms. The third-order valence-corrected chi connectivity index (χ3v) is 3.60. The number of nitrogen functional groups attached to an aromatic ring is 1. The fraction of sp³-hybridized carbons (Fsp3) is 0.462. The van der Waals surface area contributed by atoms with Crippen molar-refractivity contribution < 1.29 is 14.8 Å². The molecule has 0 radical (unpaired) electrons. The molecule has 0 saturated heterocycles. The van der Waals surface area contributed by atoms with Crippen molar-refractivity contribution in [1.82, 2.24) is 4.90 Å². The minimum atomic E-state index is -0.638. The zero-order chi connectivity index (χ0) is 14.7. The van der Waals surface area contributed by atoms with Crippen LogP contribution in [-0.4, -0.2) is 40.0 Å². The number of hydrogen-bond donors (Lipinski definition) is 2. The quantitative estimate of drug-likeness (QED) is 0.477. The topological polar surface area (TPSA) is 110 Å². The van der Waals surface area contributed by atoms with Gasteiger partial charge in [-0.15, -0.1) is 0 Å². The van der Waals surface area contributed by atoms with E-state index in [2.05, 4.69) is 0 Å². The number of nitrogens with two attached hydrogens (primary N) is 1. The van der Waals surface area contributed by atoms with Crippen molar-refractivity contribution in [1.29, 1.82) is 0 Å². The Hall–Kier alpha value is -2.15. The lowest BCUT2D eigenvalue weighted by Gasteiger charge is -2.37. The van der Waals surface area contributed by atoms with Crippen molar-refractivity contribution in [2.75, 3.05) is 18.9 Å². The number of para-hydroxylation sites is 1. The number of carbonyl (C=O) groups excluding carboxylic acids is 1. The molecule has 1 amide bonds. The Balaban J connectivity index is 2.36. The van der Waals surface area contributed by atoms with Gasteiger partial charge in [0.05, 0.1) is 11.5 Å². The monoisotopic (exact) mass is 279 g/mol. The molecule has 1 aromatic carbocycles. The fourth-order valence-electron chi connectivity index (χ4n) is 2.35. The molecule has 7 heteroatoms. The maximum Gasteiger partial charge on any atom is 0.304 e. The molecule has 1 aromatic rings. The fourth-order valence-corrected chi connectivity index (χ4v) is 2.35. The number of carbonyl (C=O) groups is 1. The molecule has 108 valence electrons. The molecule has 1 aliphatic carbocycles. The molecular weight excluding hydrogens is 262 g/mol. The van der Waals surface area contributed by atoms with Gasteiger partial charge < -0.3 is 15.7 Å². The first-order chi connectivity index (χ1) is 9.56. The molecule has 0 heterocycles. The van der Waals surface area contributed by atoms with E-state index in [1.807, 2.05) is 0 Å². The second kappa shape index (κ2) is 5.87. The van der Waals surface area contributed by atoms with E-state index in [1.54, 1.807) is 0 Å². The summed E-state index contributed by atoms with van der Waals surface area (Å²) in [5.41, 5.74) is 5.19. The van der Waals surface area contributed by atoms with E-state index >= 15 is 0 Å². The Morgan fingerprint density at radius 3 is 2.70 bits per heavy atom. The number of nitro benzene ring substituents is 1. The van der Waals surface area contributed by atoms with Crippen LogP contribution >= 0.6 is 0 Å². The second-order valence-corrected chi connectivity index (χ2v) is 4.81. The summed E-state index contributed by atoms with van der Waals surface area (Å²) in [6.07, 6.45) is 2.75. The smallest absolute Gasteiger partial charge is 0.304 e. The molecule has 3 N–H and O–H groups in total. The highest BCUT2D eigenvalue weighted by atomic mass is 16.6. The molecular formula is C13H17N3O4. The lowest BCUT2D eigenvalue weighted by Crippen LogP contribution is -2.45. The third kappa shape index (κ3) is 2.57. The van der Waals surface area contributed by atoms with Gasteiger partial charge in [0.15, 0.2) is 0 Å². The van der Waals surface area contributed by atoms with Gasteiger partial charge in [0, 0.05) is 12.6 Å². The number of aliphatic hydroxyl groups excluding tert-OH is 1. The summed E-state index contributed by atoms with van der Waals surface area (Å²) in [4.78, 5) is 24.5. The number of aliphatic hydroxyl groups is 1. The molecule has 1 saturated carbocycles. The van der Waals surface area contributed by atoms with E-state index in [-0.39, 0.29) is 36.1 Å². The van der Waals surface area contributed by atoms with Crippen LogP contribution in [0.25, 0.3) is 0 Å². The summed E-state index contributed by atoms with van der Waals surface area (Å²) in [7, 11) is 0. The number of rotatable bonds is 5. The van der Waals surface area contributed by atoms with E-state index in [4.69, 9.17) is 10.8 Å². The standard InChI is InChI=1S/C13H17N3O4/c14-11-6-2-5-10(12(11)16(19)20)13(18)15(7-8-17)9-3-1-4-9/h2,5-6,9,17H,1,3-4,7-8,14H2. The molecule has 0 aliphatic heterocycles. The van der Waals surface area contributed by atoms with Gasteiger partial charge in [0.25, 0.3) is 5.91 Å². The maximum absolute atomic E-state index is 12.5. The van der Waals surface area contributed by atoms with Crippen LogP contribution in [0.3, 0.4) is 0 Å². The Bertz CT molecular complexity index is 528. The Kier molecular flexibility index (Phi) is 4.19. The van der Waals surface area contributed by atoms with Crippen molar-refractivity contribution in [2.45, 2.75) is 25.3 Å². The second-order valence-electron chi connectivity index (χ2n) is 4.81. The van der Waals surface area contributed by atoms with E-state index in [9.17, 15) is 14.9 Å². The third-order valence-electron chi connectivity index (χ3n) is 3.60. The van der Waals surface area contributed by atoms with Gasteiger partial charge in [-0.1, -0.05) is 6.07 Å². The number of nitro groups is 1. The minimum absolute atomic E-state index is 0.0182. The predicted molar refractivity (Wildman–Crippen MR) is 73.3 cm³/mol. The summed E-state index contributed by atoms with van der Waals surface area (Å²) in [6.45, 7) is 0.00774. The molecule has 0 unspecified atom stereocenters. The van der Waals surface area contributed by atoms with E-state index in [0.717, 1.165) is 19.3 Å². The Morgan fingerprint density at radius 2 is 2.20 bits per heavy atom. The van der Waals surface area contributed by atoms with Crippen molar-refractivity contribution >= 4 is 17.3 Å². The average molecular weight is 279 g/mol. The summed E-state index contributed by atoms with van der Waals surface area (Å²) >= 11 is 0. The molecule has 2 rings (SSSR count). The first-order valence-corrected chi connectivity index (χ1v) is 6.51. The zero-order valence-corrected chi connectivity index (χ0v) is 11.0. The number of hydrogen-bond acceptors (Lipinski definition) is 5. The Morgan fingerprint density at radius 1 is 1.50 bits per heavy atom. The Labute approximate surface area is 116 Å². The lowest BCUT2D eigenvalue weighted by atomic mass is 9.91. The summed E-state index contributed by atoms with van der Waals surface area (Å²) in [5.74, 6) is -0.442. The zero-order valence-electron chi connectivity index (χ0n) is 11.0. The SMILES string of the molecule is Nc1cccc(C(=O)N(CCO)C2CCC2)c1[N+](=O)[O-]. The van der Waals surface area contributed by atoms with E-state index < -0.39 is 10.8 Å². The number of nitrogens with zero attached hydrogens (tertiary/aromatic N) is 2. The van der Waals surface area contributed by atoms with Crippen molar-refractivity contribution in [2.24, 2.45) is 0 Å². The van der Waals surface area contributed by atoms with E-state index in [1.165, 1.54) is 23.1 Å². The van der Waals surface area contributed by atoms with Crippen LogP contribution in [0.2, 0.25) is 0 Å². The molecule has 0 aromatic heterocycles. The first-order valence-electron chi connectivity index (χ1n) is 6.51. The molecule has 7 nitrogen and oxygen atoms in total. The highest BCUT2D eigenvalue weighted by Crippen LogP contribution is 2.30. The summed E-state index contributed by atoms with van der Waals surface area (Å²) in [5, 5.41) is 20.2. The van der Waals surface area contributed by atoms with Crippen LogP contribution in [-0.2, 0) is 0 Å². The van der Waals surface area contributed by atoms with Crippen LogP contribution < -0.4 is 5.73 Å². The van der Waals surface area contributed by atoms with Gasteiger partial charge >= 0.3 is 5.69 Å². The van der Waals surface area contributed by atoms with Crippen LogP contribution in [0, 0.1) is 10.1 Å². The lowest BCUT2D eigenvalue weighted by molar-refractivity contribution is -0.384. The van der Waals surface area contributed by atoms with Crippen LogP contribution in [0.5, 0.6) is 0 Å². The normalized spacial score (nSPS) is 14.7. The highest BCUT2D eigenvalue weighted by Gasteiger charge is 2.33. The van der Waals surface area contributed by atoms with Crippen LogP contribution in [0.15, 0.2) is 18.2 Å². The van der Waals surface area contributed by atoms with Gasteiger partial charge in [-0.05, 0) is 31.4 Å². The van der Waals surface area contributed by atoms with E-state index in [0.29, 0.717) is 0 Å². The van der Waals surface area contributed by atoms with Gasteiger partial charge in [0.2, 0.25) is 0 Å². The van der Waals surface area contributed by atoms with Crippen molar-refractivity contribution in [3.63, 3.8) is 0 Å².